The van der Waals surface area contributed by atoms with Crippen LogP contribution in [0.4, 0.5) is 5.69 Å². The van der Waals surface area contributed by atoms with Gasteiger partial charge in [0, 0.05) is 11.6 Å². The maximum atomic E-state index is 11.2. The molecular weight excluding hydrogens is 266 g/mol. The molecule has 0 saturated heterocycles. The zero-order valence-electron chi connectivity index (χ0n) is 11.4. The molecule has 0 saturated carbocycles. The molecule has 2 N–H and O–H groups in total. The third kappa shape index (κ3) is 4.73. The van der Waals surface area contributed by atoms with E-state index in [4.69, 9.17) is 21.4 Å². The van der Waals surface area contributed by atoms with Gasteiger partial charge in [-0.1, -0.05) is 25.4 Å². The minimum atomic E-state index is -0.974. The number of carbonyl (C=O) groups is 1. The van der Waals surface area contributed by atoms with E-state index in [0.29, 0.717) is 29.8 Å². The standard InChI is InChI=1S/C14H20ClNO3/c1-4-19-8-13(9(2)3)16-12-7-10(15)5-6-11(12)14(17)18/h5-7,9,13,16H,4,8H2,1-3H3,(H,17,18). The van der Waals surface area contributed by atoms with E-state index in [1.54, 1.807) is 12.1 Å². The lowest BCUT2D eigenvalue weighted by Crippen LogP contribution is -2.31. The van der Waals surface area contributed by atoms with E-state index in [1.165, 1.54) is 6.07 Å². The Morgan fingerprint density at radius 3 is 2.68 bits per heavy atom. The van der Waals surface area contributed by atoms with Gasteiger partial charge in [-0.05, 0) is 31.0 Å². The second-order valence-electron chi connectivity index (χ2n) is 4.65. The molecule has 4 nitrogen and oxygen atoms in total. The Morgan fingerprint density at radius 2 is 2.16 bits per heavy atom. The highest BCUT2D eigenvalue weighted by Crippen LogP contribution is 2.23. The Hall–Kier alpha value is -1.26. The molecule has 0 bridgehead atoms. The average molecular weight is 286 g/mol. The quantitative estimate of drug-likeness (QED) is 0.805. The molecule has 0 spiro atoms. The summed E-state index contributed by atoms with van der Waals surface area (Å²) in [7, 11) is 0. The van der Waals surface area contributed by atoms with Gasteiger partial charge in [-0.2, -0.15) is 0 Å². The first-order valence-corrected chi connectivity index (χ1v) is 6.70. The van der Waals surface area contributed by atoms with Crippen molar-refractivity contribution >= 4 is 23.3 Å². The van der Waals surface area contributed by atoms with Gasteiger partial charge in [0.25, 0.3) is 0 Å². The molecule has 0 aliphatic carbocycles. The smallest absolute Gasteiger partial charge is 0.337 e. The van der Waals surface area contributed by atoms with Crippen molar-refractivity contribution in [3.63, 3.8) is 0 Å². The SMILES string of the molecule is CCOCC(Nc1cc(Cl)ccc1C(=O)O)C(C)C. The van der Waals surface area contributed by atoms with E-state index in [0.717, 1.165) is 0 Å². The van der Waals surface area contributed by atoms with Crippen LogP contribution >= 0.6 is 11.6 Å². The normalized spacial score (nSPS) is 12.5. The van der Waals surface area contributed by atoms with Crippen molar-refractivity contribution in [3.05, 3.63) is 28.8 Å². The summed E-state index contributed by atoms with van der Waals surface area (Å²) < 4.78 is 5.42. The summed E-state index contributed by atoms with van der Waals surface area (Å²) >= 11 is 5.92. The van der Waals surface area contributed by atoms with Gasteiger partial charge in [-0.3, -0.25) is 0 Å². The van der Waals surface area contributed by atoms with Gasteiger partial charge in [-0.25, -0.2) is 4.79 Å². The van der Waals surface area contributed by atoms with Gasteiger partial charge in [0.15, 0.2) is 0 Å². The number of nitrogens with one attached hydrogen (secondary N) is 1. The number of hydrogen-bond acceptors (Lipinski definition) is 3. The van der Waals surface area contributed by atoms with Crippen LogP contribution < -0.4 is 5.32 Å². The van der Waals surface area contributed by atoms with Gasteiger partial charge in [0.05, 0.1) is 23.9 Å². The van der Waals surface area contributed by atoms with Crippen molar-refractivity contribution in [1.82, 2.24) is 0 Å². The highest BCUT2D eigenvalue weighted by atomic mass is 35.5. The largest absolute Gasteiger partial charge is 0.478 e. The van der Waals surface area contributed by atoms with Gasteiger partial charge in [0.1, 0.15) is 0 Å². The molecule has 1 aromatic rings. The molecule has 1 aromatic carbocycles. The average Bonchev–Trinajstić information content (AvgIpc) is 2.33. The Balaban J connectivity index is 2.94. The van der Waals surface area contributed by atoms with Crippen LogP contribution in [0.15, 0.2) is 18.2 Å². The van der Waals surface area contributed by atoms with Gasteiger partial charge in [-0.15, -0.1) is 0 Å². The fourth-order valence-electron chi connectivity index (χ4n) is 1.67. The van der Waals surface area contributed by atoms with Gasteiger partial charge < -0.3 is 15.2 Å². The molecule has 19 heavy (non-hydrogen) atoms. The second kappa shape index (κ2) is 7.36. The monoisotopic (exact) mass is 285 g/mol. The molecule has 106 valence electrons. The van der Waals surface area contributed by atoms with Crippen molar-refractivity contribution in [3.8, 4) is 0 Å². The lowest BCUT2D eigenvalue weighted by Gasteiger charge is -2.24. The van der Waals surface area contributed by atoms with E-state index in [9.17, 15) is 4.79 Å². The summed E-state index contributed by atoms with van der Waals surface area (Å²) in [5, 5.41) is 12.9. The zero-order valence-corrected chi connectivity index (χ0v) is 12.2. The molecular formula is C14H20ClNO3. The zero-order chi connectivity index (χ0) is 14.4. The minimum absolute atomic E-state index is 0.0384. The van der Waals surface area contributed by atoms with Crippen LogP contribution in [-0.2, 0) is 4.74 Å². The second-order valence-corrected chi connectivity index (χ2v) is 5.09. The third-order valence-electron chi connectivity index (χ3n) is 2.86. The fraction of sp³-hybridized carbons (Fsp3) is 0.500. The number of benzene rings is 1. The first kappa shape index (κ1) is 15.8. The lowest BCUT2D eigenvalue weighted by molar-refractivity contribution is 0.0697. The highest BCUT2D eigenvalue weighted by Gasteiger charge is 2.17. The number of carboxylic acids is 1. The Bertz CT molecular complexity index is 435. The molecule has 1 atom stereocenters. The van der Waals surface area contributed by atoms with E-state index >= 15 is 0 Å². The highest BCUT2D eigenvalue weighted by molar-refractivity contribution is 6.31. The van der Waals surface area contributed by atoms with E-state index < -0.39 is 5.97 Å². The van der Waals surface area contributed by atoms with Crippen molar-refractivity contribution in [1.29, 1.82) is 0 Å². The Morgan fingerprint density at radius 1 is 1.47 bits per heavy atom. The summed E-state index contributed by atoms with van der Waals surface area (Å²) in [6.45, 7) is 7.20. The summed E-state index contributed by atoms with van der Waals surface area (Å²) in [6.07, 6.45) is 0. The molecule has 1 rings (SSSR count). The molecule has 0 fully saturated rings. The van der Waals surface area contributed by atoms with E-state index in [2.05, 4.69) is 19.2 Å². The molecule has 0 aliphatic rings. The van der Waals surface area contributed by atoms with Crippen LogP contribution in [-0.4, -0.2) is 30.3 Å². The third-order valence-corrected chi connectivity index (χ3v) is 3.09. The molecule has 0 amide bonds. The van der Waals surface area contributed by atoms with Crippen LogP contribution in [0.2, 0.25) is 5.02 Å². The fourth-order valence-corrected chi connectivity index (χ4v) is 1.84. The topological polar surface area (TPSA) is 58.6 Å². The predicted octanol–water partition coefficient (Wildman–Crippen LogP) is 3.51. The Labute approximate surface area is 118 Å². The van der Waals surface area contributed by atoms with E-state index in [1.807, 2.05) is 6.92 Å². The number of hydrogen-bond donors (Lipinski definition) is 2. The minimum Gasteiger partial charge on any atom is -0.478 e. The lowest BCUT2D eigenvalue weighted by atomic mass is 10.0. The molecule has 0 radical (unpaired) electrons. The summed E-state index contributed by atoms with van der Waals surface area (Å²) in [6, 6.07) is 4.75. The predicted molar refractivity (Wildman–Crippen MR) is 77.2 cm³/mol. The summed E-state index contributed by atoms with van der Waals surface area (Å²) in [5.41, 5.74) is 0.741. The van der Waals surface area contributed by atoms with Crippen molar-refractivity contribution in [2.75, 3.05) is 18.5 Å². The first-order chi connectivity index (χ1) is 8.95. The van der Waals surface area contributed by atoms with Gasteiger partial charge in [0.2, 0.25) is 0 Å². The van der Waals surface area contributed by atoms with Crippen LogP contribution in [0, 0.1) is 5.92 Å². The van der Waals surface area contributed by atoms with Crippen molar-refractivity contribution in [2.45, 2.75) is 26.8 Å². The number of aromatic carboxylic acids is 1. The summed E-state index contributed by atoms with van der Waals surface area (Å²) in [4.78, 5) is 11.2. The molecule has 0 aromatic heterocycles. The van der Waals surface area contributed by atoms with Crippen molar-refractivity contribution in [2.24, 2.45) is 5.92 Å². The number of ether oxygens (including phenoxy) is 1. The number of halogens is 1. The number of carboxylic acid groups (broad SMARTS) is 1. The van der Waals surface area contributed by atoms with E-state index in [-0.39, 0.29) is 11.6 Å². The van der Waals surface area contributed by atoms with Crippen molar-refractivity contribution < 1.29 is 14.6 Å². The number of rotatable bonds is 7. The van der Waals surface area contributed by atoms with Crippen LogP contribution in [0.25, 0.3) is 0 Å². The van der Waals surface area contributed by atoms with Crippen LogP contribution in [0.5, 0.6) is 0 Å². The van der Waals surface area contributed by atoms with Crippen LogP contribution in [0.1, 0.15) is 31.1 Å². The molecule has 0 heterocycles. The Kier molecular flexibility index (Phi) is 6.12. The summed E-state index contributed by atoms with van der Waals surface area (Å²) in [5.74, 6) is -0.662. The molecule has 0 aliphatic heterocycles. The van der Waals surface area contributed by atoms with Crippen LogP contribution in [0.3, 0.4) is 0 Å². The first-order valence-electron chi connectivity index (χ1n) is 6.32. The maximum absolute atomic E-state index is 11.2. The maximum Gasteiger partial charge on any atom is 0.337 e. The molecule has 1 unspecified atom stereocenters. The number of anilines is 1. The molecule has 5 heteroatoms. The van der Waals surface area contributed by atoms with Gasteiger partial charge >= 0.3 is 5.97 Å².